The zero-order valence-corrected chi connectivity index (χ0v) is 15.2. The number of rotatable bonds is 4. The topological polar surface area (TPSA) is 29.1 Å². The van der Waals surface area contributed by atoms with Gasteiger partial charge in [0.25, 0.3) is 5.91 Å². The minimum absolute atomic E-state index is 0.0292. The zero-order valence-electron chi connectivity index (χ0n) is 12.0. The van der Waals surface area contributed by atoms with Crippen molar-refractivity contribution in [1.82, 2.24) is 5.32 Å². The highest BCUT2D eigenvalue weighted by atomic mass is 79.9. The Balaban J connectivity index is 2.01. The average Bonchev–Trinajstić information content (AvgIpc) is 2.44. The summed E-state index contributed by atoms with van der Waals surface area (Å²) in [6.45, 7) is 3.97. The minimum atomic E-state index is -0.0292. The highest BCUT2D eigenvalue weighted by molar-refractivity contribution is 9.10. The van der Waals surface area contributed by atoms with E-state index in [0.717, 1.165) is 20.9 Å². The predicted molar refractivity (Wildman–Crippen MR) is 93.7 cm³/mol. The van der Waals surface area contributed by atoms with Gasteiger partial charge in [-0.3, -0.25) is 4.79 Å². The van der Waals surface area contributed by atoms with Gasteiger partial charge < -0.3 is 5.32 Å². The van der Waals surface area contributed by atoms with Gasteiger partial charge in [0.1, 0.15) is 0 Å². The van der Waals surface area contributed by atoms with Gasteiger partial charge in [0.05, 0.1) is 0 Å². The number of halogens is 2. The molecule has 0 fully saturated rings. The van der Waals surface area contributed by atoms with Gasteiger partial charge >= 0.3 is 0 Å². The zero-order chi connectivity index (χ0) is 15.4. The van der Waals surface area contributed by atoms with Crippen LogP contribution in [0, 0.1) is 6.92 Å². The van der Waals surface area contributed by atoms with E-state index in [0.29, 0.717) is 5.56 Å². The van der Waals surface area contributed by atoms with Crippen LogP contribution in [0.15, 0.2) is 51.4 Å². The van der Waals surface area contributed by atoms with E-state index in [1.165, 1.54) is 5.56 Å². The highest BCUT2D eigenvalue weighted by Gasteiger charge is 2.13. The predicted octanol–water partition coefficient (Wildman–Crippen LogP) is 4.88. The molecule has 0 radical (unpaired) electrons. The number of aryl methyl sites for hydroxylation is 1. The average molecular weight is 411 g/mol. The summed E-state index contributed by atoms with van der Waals surface area (Å²) in [7, 11) is 0. The van der Waals surface area contributed by atoms with Crippen molar-refractivity contribution in [3.8, 4) is 0 Å². The summed E-state index contributed by atoms with van der Waals surface area (Å²) in [6.07, 6.45) is 0.812. The molecule has 2 nitrogen and oxygen atoms in total. The molecule has 110 valence electrons. The molecule has 2 aromatic carbocycles. The Morgan fingerprint density at radius 3 is 2.38 bits per heavy atom. The summed E-state index contributed by atoms with van der Waals surface area (Å²) in [6, 6.07) is 14.0. The van der Waals surface area contributed by atoms with Crippen LogP contribution in [0.2, 0.25) is 0 Å². The summed E-state index contributed by atoms with van der Waals surface area (Å²) >= 11 is 6.83. The Morgan fingerprint density at radius 1 is 1.10 bits per heavy atom. The van der Waals surface area contributed by atoms with Crippen molar-refractivity contribution >= 4 is 37.8 Å². The van der Waals surface area contributed by atoms with Crippen molar-refractivity contribution in [1.29, 1.82) is 0 Å². The smallest absolute Gasteiger partial charge is 0.251 e. The second kappa shape index (κ2) is 7.23. The van der Waals surface area contributed by atoms with Gasteiger partial charge in [-0.2, -0.15) is 0 Å². The number of carbonyl (C=O) groups is 1. The number of nitrogens with one attached hydrogen (secondary N) is 1. The highest BCUT2D eigenvalue weighted by Crippen LogP contribution is 2.16. The first-order valence-electron chi connectivity index (χ1n) is 6.77. The molecule has 0 aliphatic heterocycles. The standard InChI is InChI=1S/C17H17Br2NO/c1-11-3-6-15(19)10-16(11)17(21)20-12(2)9-13-4-7-14(18)8-5-13/h3-8,10,12H,9H2,1-2H3,(H,20,21). The van der Waals surface area contributed by atoms with Gasteiger partial charge in [0, 0.05) is 20.6 Å². The van der Waals surface area contributed by atoms with Gasteiger partial charge in [-0.05, 0) is 55.7 Å². The van der Waals surface area contributed by atoms with Crippen molar-refractivity contribution in [3.63, 3.8) is 0 Å². The molecule has 0 saturated heterocycles. The quantitative estimate of drug-likeness (QED) is 0.764. The molecule has 0 aromatic heterocycles. The summed E-state index contributed by atoms with van der Waals surface area (Å²) in [4.78, 5) is 12.3. The lowest BCUT2D eigenvalue weighted by atomic mass is 10.1. The number of hydrogen-bond acceptors (Lipinski definition) is 1. The molecule has 2 rings (SSSR count). The second-order valence-electron chi connectivity index (χ2n) is 5.16. The number of benzene rings is 2. The van der Waals surface area contributed by atoms with Crippen molar-refractivity contribution in [3.05, 3.63) is 68.1 Å². The number of amides is 1. The molecule has 1 unspecified atom stereocenters. The van der Waals surface area contributed by atoms with Gasteiger partial charge in [-0.1, -0.05) is 50.1 Å². The van der Waals surface area contributed by atoms with Gasteiger partial charge in [-0.25, -0.2) is 0 Å². The molecule has 0 spiro atoms. The van der Waals surface area contributed by atoms with E-state index in [-0.39, 0.29) is 11.9 Å². The molecule has 0 heterocycles. The lowest BCUT2D eigenvalue weighted by molar-refractivity contribution is 0.0939. The summed E-state index contributed by atoms with van der Waals surface area (Å²) < 4.78 is 1.98. The first-order chi connectivity index (χ1) is 9.95. The minimum Gasteiger partial charge on any atom is -0.349 e. The fourth-order valence-electron chi connectivity index (χ4n) is 2.17. The molecule has 4 heteroatoms. The first kappa shape index (κ1) is 16.2. The lowest BCUT2D eigenvalue weighted by Gasteiger charge is -2.15. The Bertz CT molecular complexity index is 638. The molecule has 1 amide bonds. The maximum absolute atomic E-state index is 12.3. The Hall–Kier alpha value is -1.13. The Labute approximate surface area is 142 Å². The second-order valence-corrected chi connectivity index (χ2v) is 7.00. The van der Waals surface area contributed by atoms with E-state index in [4.69, 9.17) is 0 Å². The first-order valence-corrected chi connectivity index (χ1v) is 8.36. The molecular weight excluding hydrogens is 394 g/mol. The summed E-state index contributed by atoms with van der Waals surface area (Å²) in [5.74, 6) is -0.0292. The third kappa shape index (κ3) is 4.68. The van der Waals surface area contributed by atoms with Crippen molar-refractivity contribution in [2.24, 2.45) is 0 Å². The Kier molecular flexibility index (Phi) is 5.59. The molecule has 0 bridgehead atoms. The molecule has 0 saturated carbocycles. The monoisotopic (exact) mass is 409 g/mol. The van der Waals surface area contributed by atoms with Crippen LogP contribution >= 0.6 is 31.9 Å². The van der Waals surface area contributed by atoms with E-state index in [9.17, 15) is 4.79 Å². The summed E-state index contributed by atoms with van der Waals surface area (Å²) in [5, 5.41) is 3.06. The molecule has 21 heavy (non-hydrogen) atoms. The molecule has 1 N–H and O–H groups in total. The van der Waals surface area contributed by atoms with E-state index in [2.05, 4.69) is 49.3 Å². The van der Waals surface area contributed by atoms with Crippen molar-refractivity contribution < 1.29 is 4.79 Å². The fraction of sp³-hybridized carbons (Fsp3) is 0.235. The Morgan fingerprint density at radius 2 is 1.71 bits per heavy atom. The maximum Gasteiger partial charge on any atom is 0.251 e. The summed E-state index contributed by atoms with van der Waals surface area (Å²) in [5.41, 5.74) is 2.90. The van der Waals surface area contributed by atoms with Crippen LogP contribution in [-0.4, -0.2) is 11.9 Å². The molecule has 0 aliphatic rings. The van der Waals surface area contributed by atoms with Crippen LogP contribution in [0.25, 0.3) is 0 Å². The lowest BCUT2D eigenvalue weighted by Crippen LogP contribution is -2.34. The van der Waals surface area contributed by atoms with Crippen LogP contribution in [0.1, 0.15) is 28.4 Å². The van der Waals surface area contributed by atoms with E-state index >= 15 is 0 Å². The van der Waals surface area contributed by atoms with Crippen LogP contribution in [0.5, 0.6) is 0 Å². The molecular formula is C17H17Br2NO. The van der Waals surface area contributed by atoms with Gasteiger partial charge in [0.15, 0.2) is 0 Å². The third-order valence-electron chi connectivity index (χ3n) is 3.28. The molecule has 0 aliphatic carbocycles. The van der Waals surface area contributed by atoms with E-state index < -0.39 is 0 Å². The molecule has 2 aromatic rings. The van der Waals surface area contributed by atoms with E-state index in [1.807, 2.05) is 44.2 Å². The largest absolute Gasteiger partial charge is 0.349 e. The van der Waals surface area contributed by atoms with Gasteiger partial charge in [0.2, 0.25) is 0 Å². The van der Waals surface area contributed by atoms with Crippen LogP contribution in [0.3, 0.4) is 0 Å². The number of carbonyl (C=O) groups excluding carboxylic acids is 1. The molecule has 1 atom stereocenters. The normalized spacial score (nSPS) is 12.0. The fourth-order valence-corrected chi connectivity index (χ4v) is 2.79. The van der Waals surface area contributed by atoms with Gasteiger partial charge in [-0.15, -0.1) is 0 Å². The van der Waals surface area contributed by atoms with Crippen molar-refractivity contribution in [2.75, 3.05) is 0 Å². The van der Waals surface area contributed by atoms with E-state index in [1.54, 1.807) is 0 Å². The van der Waals surface area contributed by atoms with Crippen LogP contribution in [0.4, 0.5) is 0 Å². The maximum atomic E-state index is 12.3. The van der Waals surface area contributed by atoms with Crippen molar-refractivity contribution in [2.45, 2.75) is 26.3 Å². The number of hydrogen-bond donors (Lipinski definition) is 1. The SMILES string of the molecule is Cc1ccc(Br)cc1C(=O)NC(C)Cc1ccc(Br)cc1. The third-order valence-corrected chi connectivity index (χ3v) is 4.30. The van der Waals surface area contributed by atoms with Crippen LogP contribution in [-0.2, 0) is 6.42 Å². The van der Waals surface area contributed by atoms with Crippen LogP contribution < -0.4 is 5.32 Å².